The van der Waals surface area contributed by atoms with Gasteiger partial charge in [0.1, 0.15) is 11.6 Å². The van der Waals surface area contributed by atoms with Crippen molar-refractivity contribution in [1.82, 2.24) is 0 Å². The Labute approximate surface area is 311 Å². The van der Waals surface area contributed by atoms with Crippen molar-refractivity contribution in [2.75, 3.05) is 4.90 Å². The zero-order valence-electron chi connectivity index (χ0n) is 29.2. The van der Waals surface area contributed by atoms with Crippen LogP contribution in [0.25, 0.3) is 48.2 Å². The fourth-order valence-corrected chi connectivity index (χ4v) is 10.4. The van der Waals surface area contributed by atoms with Crippen LogP contribution in [0.2, 0.25) is 0 Å². The van der Waals surface area contributed by atoms with E-state index < -0.39 is 5.97 Å². The molecule has 0 unspecified atom stereocenters. The number of carboxylic acids is 1. The lowest BCUT2D eigenvalue weighted by Crippen LogP contribution is -2.18. The summed E-state index contributed by atoms with van der Waals surface area (Å²) >= 11 is 3.21. The highest BCUT2D eigenvalue weighted by molar-refractivity contribution is 7.26. The molecule has 52 heavy (non-hydrogen) atoms. The van der Waals surface area contributed by atoms with Gasteiger partial charge in [-0.1, -0.05) is 94.4 Å². The number of benzene rings is 5. The Morgan fingerprint density at radius 1 is 0.635 bits per heavy atom. The fraction of sp³-hybridized carbons (Fsp3) is 0.130. The first-order chi connectivity index (χ1) is 25.0. The highest BCUT2D eigenvalue weighted by Gasteiger charge is 2.37. The van der Waals surface area contributed by atoms with Gasteiger partial charge in [-0.15, -0.1) is 22.7 Å². The number of nitrogens with zero attached hydrogens (tertiary/aromatic N) is 2. The van der Waals surface area contributed by atoms with Gasteiger partial charge in [0.15, 0.2) is 0 Å². The monoisotopic (exact) mass is 710 g/mol. The van der Waals surface area contributed by atoms with E-state index in [1.807, 2.05) is 12.1 Å². The molecule has 0 saturated carbocycles. The van der Waals surface area contributed by atoms with E-state index >= 15 is 0 Å². The largest absolute Gasteiger partial charge is 0.477 e. The maximum Gasteiger partial charge on any atom is 0.346 e. The summed E-state index contributed by atoms with van der Waals surface area (Å²) in [7, 11) is 0. The summed E-state index contributed by atoms with van der Waals surface area (Å²) in [6, 6.07) is 46.0. The summed E-state index contributed by atoms with van der Waals surface area (Å²) in [5, 5.41) is 19.7. The van der Waals surface area contributed by atoms with Crippen molar-refractivity contribution in [3.8, 4) is 38.1 Å². The van der Waals surface area contributed by atoms with E-state index in [2.05, 4.69) is 142 Å². The Morgan fingerprint density at radius 2 is 1.17 bits per heavy atom. The molecule has 1 N–H and O–H groups in total. The quantitative estimate of drug-likeness (QED) is 0.138. The summed E-state index contributed by atoms with van der Waals surface area (Å²) in [6.45, 7) is 9.31. The average Bonchev–Trinajstić information content (AvgIpc) is 3.89. The second kappa shape index (κ2) is 11.6. The molecule has 252 valence electrons. The lowest BCUT2D eigenvalue weighted by molar-refractivity contribution is -0.132. The zero-order valence-corrected chi connectivity index (χ0v) is 30.8. The van der Waals surface area contributed by atoms with E-state index in [0.717, 1.165) is 41.8 Å². The molecule has 0 spiro atoms. The Hall–Kier alpha value is -5.74. The molecule has 9 rings (SSSR count). The topological polar surface area (TPSA) is 64.3 Å². The molecule has 0 amide bonds. The van der Waals surface area contributed by atoms with E-state index in [1.165, 1.54) is 61.9 Å². The third-order valence-electron chi connectivity index (χ3n) is 10.9. The molecule has 2 aliphatic rings. The molecule has 5 aromatic carbocycles. The lowest BCUT2D eigenvalue weighted by Gasteiger charge is -2.29. The maximum absolute atomic E-state index is 11.4. The van der Waals surface area contributed by atoms with Crippen molar-refractivity contribution in [2.24, 2.45) is 0 Å². The predicted molar refractivity (Wildman–Crippen MR) is 216 cm³/mol. The van der Waals surface area contributed by atoms with Crippen LogP contribution in [0.5, 0.6) is 0 Å². The van der Waals surface area contributed by atoms with Crippen LogP contribution in [0.3, 0.4) is 0 Å². The summed E-state index contributed by atoms with van der Waals surface area (Å²) in [5.41, 5.74) is 13.4. The minimum absolute atomic E-state index is 0.130. The van der Waals surface area contributed by atoms with Crippen LogP contribution in [0.15, 0.2) is 127 Å². The first-order valence-electron chi connectivity index (χ1n) is 17.3. The second-order valence-corrected chi connectivity index (χ2v) is 16.8. The van der Waals surface area contributed by atoms with Gasteiger partial charge in [0.25, 0.3) is 0 Å². The smallest absolute Gasteiger partial charge is 0.346 e. The third kappa shape index (κ3) is 4.88. The molecule has 2 aromatic heterocycles. The molecule has 4 nitrogen and oxygen atoms in total. The zero-order chi connectivity index (χ0) is 35.9. The van der Waals surface area contributed by atoms with E-state index in [4.69, 9.17) is 0 Å². The first-order valence-corrected chi connectivity index (χ1v) is 19.0. The number of aliphatic carboxylic acids is 1. The van der Waals surface area contributed by atoms with Gasteiger partial charge in [-0.3, -0.25) is 0 Å². The SMILES string of the molecule is CC1(C)c2ccccc2-c2ccc(N(c3ccc4c(c3)C(C)(C)c3ccccc3-4)c3ccc4cc(-c5ccc(/C=C(\C#N)C(=O)O)s5)sc4c3)cc21. The number of anilines is 3. The van der Waals surface area contributed by atoms with Gasteiger partial charge in [-0.2, -0.15) is 5.26 Å². The average molecular weight is 711 g/mol. The van der Waals surface area contributed by atoms with Crippen LogP contribution < -0.4 is 4.90 Å². The van der Waals surface area contributed by atoms with Crippen LogP contribution in [0.1, 0.15) is 54.8 Å². The fourth-order valence-electron chi connectivity index (χ4n) is 8.24. The van der Waals surface area contributed by atoms with Gasteiger partial charge >= 0.3 is 5.97 Å². The Bertz CT molecular complexity index is 2590. The molecule has 6 heteroatoms. The molecule has 2 aliphatic carbocycles. The van der Waals surface area contributed by atoms with Crippen LogP contribution in [0, 0.1) is 11.3 Å². The van der Waals surface area contributed by atoms with Crippen molar-refractivity contribution >= 4 is 61.9 Å². The van der Waals surface area contributed by atoms with Crippen LogP contribution >= 0.6 is 22.7 Å². The van der Waals surface area contributed by atoms with E-state index in [0.29, 0.717) is 0 Å². The van der Waals surface area contributed by atoms with Crippen molar-refractivity contribution in [3.05, 3.63) is 154 Å². The normalized spacial score (nSPS) is 14.7. The van der Waals surface area contributed by atoms with Gasteiger partial charge in [-0.05, 0) is 111 Å². The highest BCUT2D eigenvalue weighted by Crippen LogP contribution is 2.53. The maximum atomic E-state index is 11.4. The summed E-state index contributed by atoms with van der Waals surface area (Å²) < 4.78 is 1.16. The summed E-state index contributed by atoms with van der Waals surface area (Å²) in [5.74, 6) is -1.22. The molecule has 2 heterocycles. The minimum Gasteiger partial charge on any atom is -0.477 e. The van der Waals surface area contributed by atoms with E-state index in [-0.39, 0.29) is 16.4 Å². The highest BCUT2D eigenvalue weighted by atomic mass is 32.1. The van der Waals surface area contributed by atoms with Crippen molar-refractivity contribution in [1.29, 1.82) is 5.26 Å². The molecule has 0 saturated heterocycles. The van der Waals surface area contributed by atoms with Gasteiger partial charge < -0.3 is 10.0 Å². The molecule has 0 bridgehead atoms. The number of carboxylic acid groups (broad SMARTS) is 1. The van der Waals surface area contributed by atoms with Crippen LogP contribution in [-0.4, -0.2) is 11.1 Å². The Morgan fingerprint density at radius 3 is 1.75 bits per heavy atom. The minimum atomic E-state index is -1.22. The number of thiophene rings is 2. The molecule has 7 aromatic rings. The standard InChI is InChI=1S/C46H34N2O2S2/c1-45(2)37-11-7-5-9-33(37)35-18-15-29(23-39(35)45)48(30-16-19-36-34-10-6-8-12-38(34)46(3,4)40(36)24-30)31-14-13-27-22-43(52-42(27)25-31)41-20-17-32(51-41)21-28(26-47)44(49)50/h5-25H,1-4H3,(H,49,50)/b28-21+. The molecule has 0 atom stereocenters. The van der Waals surface area contributed by atoms with E-state index in [1.54, 1.807) is 17.4 Å². The molecule has 0 radical (unpaired) electrons. The second-order valence-electron chi connectivity index (χ2n) is 14.6. The first kappa shape index (κ1) is 32.2. The van der Waals surface area contributed by atoms with E-state index in [9.17, 15) is 15.2 Å². The number of nitriles is 1. The Balaban J connectivity index is 1.18. The third-order valence-corrected chi connectivity index (χ3v) is 13.2. The molecule has 0 aliphatic heterocycles. The Kier molecular flexibility index (Phi) is 7.21. The number of hydrogen-bond donors (Lipinski definition) is 1. The molecule has 0 fully saturated rings. The van der Waals surface area contributed by atoms with Gasteiger partial charge in [0.2, 0.25) is 0 Å². The van der Waals surface area contributed by atoms with Crippen molar-refractivity contribution < 1.29 is 9.90 Å². The number of carbonyl (C=O) groups is 1. The number of fused-ring (bicyclic) bond motifs is 7. The van der Waals surface area contributed by atoms with Crippen LogP contribution in [-0.2, 0) is 15.6 Å². The summed E-state index contributed by atoms with van der Waals surface area (Å²) in [6.07, 6.45) is 1.44. The molecular formula is C46H34N2O2S2. The van der Waals surface area contributed by atoms with Gasteiger partial charge in [0.05, 0.1) is 0 Å². The van der Waals surface area contributed by atoms with Crippen LogP contribution in [0.4, 0.5) is 17.1 Å². The summed E-state index contributed by atoms with van der Waals surface area (Å²) in [4.78, 5) is 16.7. The van der Waals surface area contributed by atoms with Crippen molar-refractivity contribution in [2.45, 2.75) is 38.5 Å². The number of hydrogen-bond acceptors (Lipinski definition) is 5. The number of rotatable bonds is 6. The predicted octanol–water partition coefficient (Wildman–Crippen LogP) is 12.7. The van der Waals surface area contributed by atoms with Gasteiger partial charge in [-0.25, -0.2) is 4.79 Å². The van der Waals surface area contributed by atoms with Crippen molar-refractivity contribution in [3.63, 3.8) is 0 Å². The van der Waals surface area contributed by atoms with Gasteiger partial charge in [0, 0.05) is 47.2 Å². The molecular weight excluding hydrogens is 677 g/mol. The lowest BCUT2D eigenvalue weighted by atomic mass is 9.82.